The van der Waals surface area contributed by atoms with Crippen LogP contribution in [0.4, 0.5) is 19.1 Å². The van der Waals surface area contributed by atoms with Crippen LogP contribution in [0, 0.1) is 5.92 Å². The first-order valence-corrected chi connectivity index (χ1v) is 6.43. The molecule has 6 nitrogen and oxygen atoms in total. The Morgan fingerprint density at radius 2 is 1.95 bits per heavy atom. The van der Waals surface area contributed by atoms with Gasteiger partial charge in [-0.05, 0) is 25.7 Å². The molecule has 21 heavy (non-hydrogen) atoms. The van der Waals surface area contributed by atoms with Gasteiger partial charge in [0.1, 0.15) is 0 Å². The Labute approximate surface area is 117 Å². The molecule has 0 amide bonds. The maximum Gasteiger partial charge on any atom is 0.471 e. The first-order chi connectivity index (χ1) is 9.93. The topological polar surface area (TPSA) is 76.7 Å². The number of hydrogen-bond donors (Lipinski definition) is 1. The van der Waals surface area contributed by atoms with Crippen molar-refractivity contribution in [1.29, 1.82) is 0 Å². The van der Waals surface area contributed by atoms with Gasteiger partial charge in [-0.2, -0.15) is 18.2 Å². The molecule has 1 unspecified atom stereocenters. The lowest BCUT2D eigenvalue weighted by molar-refractivity contribution is -0.159. The van der Waals surface area contributed by atoms with E-state index in [2.05, 4.69) is 29.9 Å². The normalized spacial score (nSPS) is 16.8. The maximum atomic E-state index is 12.4. The molecule has 0 bridgehead atoms. The molecule has 0 saturated heterocycles. The number of hydrogen-bond acceptors (Lipinski definition) is 6. The van der Waals surface area contributed by atoms with Gasteiger partial charge in [0, 0.05) is 18.4 Å². The Hall–Kier alpha value is -2.19. The average Bonchev–Trinajstić information content (AvgIpc) is 3.15. The second-order valence-corrected chi connectivity index (χ2v) is 4.99. The van der Waals surface area contributed by atoms with Crippen LogP contribution < -0.4 is 5.32 Å². The van der Waals surface area contributed by atoms with Crippen molar-refractivity contribution in [3.8, 4) is 11.4 Å². The van der Waals surface area contributed by atoms with Gasteiger partial charge in [-0.25, -0.2) is 9.97 Å². The van der Waals surface area contributed by atoms with Crippen LogP contribution in [0.3, 0.4) is 0 Å². The molecule has 1 N–H and O–H groups in total. The fourth-order valence-corrected chi connectivity index (χ4v) is 1.89. The molecule has 1 aliphatic carbocycles. The lowest BCUT2D eigenvalue weighted by atomic mass is 10.2. The monoisotopic (exact) mass is 299 g/mol. The van der Waals surface area contributed by atoms with Crippen LogP contribution in [0.2, 0.25) is 0 Å². The van der Waals surface area contributed by atoms with Crippen molar-refractivity contribution >= 4 is 5.95 Å². The first kappa shape index (κ1) is 13.8. The minimum absolute atomic E-state index is 0.191. The molecule has 0 radical (unpaired) electrons. The maximum absolute atomic E-state index is 12.4. The minimum Gasteiger partial charge on any atom is -0.351 e. The van der Waals surface area contributed by atoms with E-state index >= 15 is 0 Å². The van der Waals surface area contributed by atoms with Crippen molar-refractivity contribution in [1.82, 2.24) is 20.1 Å². The summed E-state index contributed by atoms with van der Waals surface area (Å²) >= 11 is 0. The van der Waals surface area contributed by atoms with Crippen LogP contribution in [-0.4, -0.2) is 26.2 Å². The Balaban J connectivity index is 1.72. The lowest BCUT2D eigenvalue weighted by Gasteiger charge is -2.11. The van der Waals surface area contributed by atoms with Crippen molar-refractivity contribution in [2.24, 2.45) is 5.92 Å². The van der Waals surface area contributed by atoms with E-state index in [0.717, 1.165) is 0 Å². The smallest absolute Gasteiger partial charge is 0.351 e. The molecule has 2 aromatic rings. The molecule has 2 aromatic heterocycles. The Morgan fingerprint density at radius 1 is 1.29 bits per heavy atom. The molecule has 0 aromatic carbocycles. The molecule has 9 heteroatoms. The van der Waals surface area contributed by atoms with Gasteiger partial charge < -0.3 is 9.84 Å². The van der Waals surface area contributed by atoms with Crippen molar-refractivity contribution in [2.45, 2.75) is 32.0 Å². The predicted octanol–water partition coefficient (Wildman–Crippen LogP) is 2.76. The number of alkyl halides is 3. The third-order valence-electron chi connectivity index (χ3n) is 3.26. The van der Waals surface area contributed by atoms with E-state index in [9.17, 15) is 13.2 Å². The predicted molar refractivity (Wildman–Crippen MR) is 66.1 cm³/mol. The highest BCUT2D eigenvalue weighted by Crippen LogP contribution is 2.33. The molecule has 2 heterocycles. The molecular weight excluding hydrogens is 287 g/mol. The molecule has 1 saturated carbocycles. The van der Waals surface area contributed by atoms with Crippen LogP contribution in [0.1, 0.15) is 25.7 Å². The zero-order valence-corrected chi connectivity index (χ0v) is 11.1. The summed E-state index contributed by atoms with van der Waals surface area (Å²) in [5, 5.41) is 6.42. The number of nitrogens with one attached hydrogen (secondary N) is 1. The summed E-state index contributed by atoms with van der Waals surface area (Å²) < 4.78 is 41.3. The average molecular weight is 299 g/mol. The van der Waals surface area contributed by atoms with Gasteiger partial charge in [-0.3, -0.25) is 0 Å². The van der Waals surface area contributed by atoms with Crippen LogP contribution in [0.25, 0.3) is 11.4 Å². The van der Waals surface area contributed by atoms with Crippen LogP contribution in [-0.2, 0) is 6.18 Å². The summed E-state index contributed by atoms with van der Waals surface area (Å²) in [5.41, 5.74) is 0.263. The molecular formula is C12H12F3N5O. The molecule has 3 rings (SSSR count). The van der Waals surface area contributed by atoms with Gasteiger partial charge in [-0.1, -0.05) is 5.16 Å². The summed E-state index contributed by atoms with van der Waals surface area (Å²) in [4.78, 5) is 11.4. The van der Waals surface area contributed by atoms with Crippen molar-refractivity contribution < 1.29 is 17.7 Å². The van der Waals surface area contributed by atoms with Crippen molar-refractivity contribution in [3.05, 3.63) is 18.3 Å². The SMILES string of the molecule is CC(Nc1ncc(-c2noc(C(F)(F)F)n2)cn1)C1CC1. The summed E-state index contributed by atoms with van der Waals surface area (Å²) in [7, 11) is 0. The fraction of sp³-hybridized carbons (Fsp3) is 0.500. The number of aromatic nitrogens is 4. The summed E-state index contributed by atoms with van der Waals surface area (Å²) in [6, 6.07) is 0.276. The van der Waals surface area contributed by atoms with Crippen molar-refractivity contribution in [3.63, 3.8) is 0 Å². The van der Waals surface area contributed by atoms with Crippen LogP contribution >= 0.6 is 0 Å². The Bertz CT molecular complexity index is 621. The number of rotatable bonds is 4. The summed E-state index contributed by atoms with van der Waals surface area (Å²) in [6.07, 6.45) is 0.442. The van der Waals surface area contributed by atoms with Gasteiger partial charge in [0.2, 0.25) is 11.8 Å². The Kier molecular flexibility index (Phi) is 3.26. The van der Waals surface area contributed by atoms with E-state index in [1.165, 1.54) is 25.2 Å². The van der Waals surface area contributed by atoms with E-state index < -0.39 is 12.1 Å². The second kappa shape index (κ2) is 4.97. The van der Waals surface area contributed by atoms with E-state index in [1.54, 1.807) is 0 Å². The quantitative estimate of drug-likeness (QED) is 0.935. The number of anilines is 1. The molecule has 1 atom stereocenters. The van der Waals surface area contributed by atoms with Gasteiger partial charge in [-0.15, -0.1) is 0 Å². The highest BCUT2D eigenvalue weighted by molar-refractivity contribution is 5.52. The minimum atomic E-state index is -4.66. The first-order valence-electron chi connectivity index (χ1n) is 6.43. The van der Waals surface area contributed by atoms with E-state index in [1.807, 2.05) is 6.92 Å². The number of halogens is 3. The molecule has 112 valence electrons. The van der Waals surface area contributed by atoms with Crippen molar-refractivity contribution in [2.75, 3.05) is 5.32 Å². The molecule has 0 spiro atoms. The summed E-state index contributed by atoms with van der Waals surface area (Å²) in [5.74, 6) is -0.510. The van der Waals surface area contributed by atoms with E-state index in [4.69, 9.17) is 0 Å². The third-order valence-corrected chi connectivity index (χ3v) is 3.26. The molecule has 1 fully saturated rings. The van der Waals surface area contributed by atoms with Crippen LogP contribution in [0.5, 0.6) is 0 Å². The van der Waals surface area contributed by atoms with Gasteiger partial charge in [0.05, 0.1) is 5.56 Å². The standard InChI is InChI=1S/C12H12F3N5O/c1-6(7-2-3-7)18-11-16-4-8(5-17-11)9-19-10(21-20-9)12(13,14)15/h4-7H,2-3H2,1H3,(H,16,17,18). The summed E-state index contributed by atoms with van der Waals surface area (Å²) in [6.45, 7) is 2.05. The van der Waals surface area contributed by atoms with Gasteiger partial charge in [0.15, 0.2) is 0 Å². The fourth-order valence-electron chi connectivity index (χ4n) is 1.89. The van der Waals surface area contributed by atoms with E-state index in [0.29, 0.717) is 11.9 Å². The Morgan fingerprint density at radius 3 is 2.48 bits per heavy atom. The third kappa shape index (κ3) is 3.11. The largest absolute Gasteiger partial charge is 0.471 e. The zero-order valence-electron chi connectivity index (χ0n) is 11.1. The molecule has 1 aliphatic rings. The highest BCUT2D eigenvalue weighted by atomic mass is 19.4. The highest BCUT2D eigenvalue weighted by Gasteiger charge is 2.38. The van der Waals surface area contributed by atoms with Gasteiger partial charge in [0.25, 0.3) is 0 Å². The molecule has 0 aliphatic heterocycles. The van der Waals surface area contributed by atoms with Crippen LogP contribution in [0.15, 0.2) is 16.9 Å². The van der Waals surface area contributed by atoms with E-state index in [-0.39, 0.29) is 17.4 Å². The lowest BCUT2D eigenvalue weighted by Crippen LogP contribution is -2.18. The van der Waals surface area contributed by atoms with Gasteiger partial charge >= 0.3 is 12.1 Å². The zero-order chi connectivity index (χ0) is 15.0. The number of nitrogens with zero attached hydrogens (tertiary/aromatic N) is 4. The second-order valence-electron chi connectivity index (χ2n) is 4.99.